The van der Waals surface area contributed by atoms with Crippen LogP contribution in [-0.4, -0.2) is 19.0 Å². The van der Waals surface area contributed by atoms with E-state index in [2.05, 4.69) is 20.8 Å². The Morgan fingerprint density at radius 2 is 2.23 bits per heavy atom. The van der Waals surface area contributed by atoms with E-state index in [0.29, 0.717) is 12.5 Å². The van der Waals surface area contributed by atoms with E-state index >= 15 is 0 Å². The van der Waals surface area contributed by atoms with Gasteiger partial charge in [-0.1, -0.05) is 26.7 Å². The van der Waals surface area contributed by atoms with Gasteiger partial charge in [0.2, 0.25) is 0 Å². The third kappa shape index (κ3) is 3.28. The first-order chi connectivity index (χ1) is 6.27. The van der Waals surface area contributed by atoms with E-state index in [1.807, 2.05) is 0 Å². The van der Waals surface area contributed by atoms with Gasteiger partial charge in [-0.05, 0) is 19.8 Å². The normalized spacial score (nSPS) is 30.7. The minimum atomic E-state index is 0.0130. The SMILES string of the molecule is [CH2]C1COC(C(CC)CCCC)O1. The second-order valence-corrected chi connectivity index (χ2v) is 3.77. The second kappa shape index (κ2) is 5.61. The Morgan fingerprint density at radius 1 is 1.46 bits per heavy atom. The zero-order valence-electron chi connectivity index (χ0n) is 8.79. The molecule has 1 fully saturated rings. The first kappa shape index (κ1) is 11.0. The lowest BCUT2D eigenvalue weighted by atomic mass is 9.99. The molecule has 0 N–H and O–H groups in total. The highest BCUT2D eigenvalue weighted by atomic mass is 16.7. The summed E-state index contributed by atoms with van der Waals surface area (Å²) in [6.07, 6.45) is 4.92. The first-order valence-corrected chi connectivity index (χ1v) is 5.38. The first-order valence-electron chi connectivity index (χ1n) is 5.38. The number of unbranched alkanes of at least 4 members (excludes halogenated alkanes) is 1. The van der Waals surface area contributed by atoms with Crippen LogP contribution in [0, 0.1) is 12.8 Å². The summed E-state index contributed by atoms with van der Waals surface area (Å²) in [7, 11) is 0. The molecule has 2 heteroatoms. The molecule has 0 aliphatic carbocycles. The van der Waals surface area contributed by atoms with Crippen molar-refractivity contribution in [3.05, 3.63) is 6.92 Å². The molecule has 1 saturated heterocycles. The Morgan fingerprint density at radius 3 is 2.69 bits per heavy atom. The Bertz CT molecular complexity index is 136. The van der Waals surface area contributed by atoms with Crippen molar-refractivity contribution in [2.75, 3.05) is 6.61 Å². The predicted molar refractivity (Wildman–Crippen MR) is 53.3 cm³/mol. The van der Waals surface area contributed by atoms with Crippen LogP contribution in [0.2, 0.25) is 0 Å². The van der Waals surface area contributed by atoms with E-state index in [1.165, 1.54) is 19.3 Å². The monoisotopic (exact) mass is 185 g/mol. The minimum absolute atomic E-state index is 0.0130. The number of ether oxygens (including phenoxy) is 2. The Hall–Kier alpha value is -0.0800. The summed E-state index contributed by atoms with van der Waals surface area (Å²) < 4.78 is 11.1. The number of rotatable bonds is 5. The average Bonchev–Trinajstić information content (AvgIpc) is 2.54. The highest BCUT2D eigenvalue weighted by molar-refractivity contribution is 4.72. The molecule has 0 spiro atoms. The Kier molecular flexibility index (Phi) is 4.74. The summed E-state index contributed by atoms with van der Waals surface area (Å²) in [5.74, 6) is 0.562. The summed E-state index contributed by atoms with van der Waals surface area (Å²) >= 11 is 0. The summed E-state index contributed by atoms with van der Waals surface area (Å²) in [6, 6.07) is 0. The number of hydrogen-bond donors (Lipinski definition) is 0. The van der Waals surface area contributed by atoms with E-state index < -0.39 is 0 Å². The standard InChI is InChI=1S/C11H21O2/c1-4-6-7-10(5-2)11-12-8-9(3)13-11/h9-11H,3-8H2,1-2H3. The van der Waals surface area contributed by atoms with Crippen molar-refractivity contribution in [1.82, 2.24) is 0 Å². The Labute approximate surface area is 81.6 Å². The van der Waals surface area contributed by atoms with Gasteiger partial charge in [0.15, 0.2) is 6.29 Å². The van der Waals surface area contributed by atoms with Crippen molar-refractivity contribution in [2.45, 2.75) is 51.9 Å². The largest absolute Gasteiger partial charge is 0.350 e. The lowest BCUT2D eigenvalue weighted by Gasteiger charge is -2.20. The fourth-order valence-electron chi connectivity index (χ4n) is 1.72. The van der Waals surface area contributed by atoms with Crippen LogP contribution in [0.15, 0.2) is 0 Å². The Balaban J connectivity index is 2.29. The summed E-state index contributed by atoms with van der Waals surface area (Å²) in [5.41, 5.74) is 0. The van der Waals surface area contributed by atoms with Gasteiger partial charge in [-0.3, -0.25) is 0 Å². The lowest BCUT2D eigenvalue weighted by Crippen LogP contribution is -2.21. The van der Waals surface area contributed by atoms with E-state index in [0.717, 1.165) is 6.42 Å². The van der Waals surface area contributed by atoms with Gasteiger partial charge >= 0.3 is 0 Å². The highest BCUT2D eigenvalue weighted by Gasteiger charge is 2.28. The molecule has 1 aliphatic heterocycles. The third-order valence-corrected chi connectivity index (χ3v) is 2.61. The molecule has 1 rings (SSSR count). The highest BCUT2D eigenvalue weighted by Crippen LogP contribution is 2.25. The lowest BCUT2D eigenvalue weighted by molar-refractivity contribution is -0.0945. The van der Waals surface area contributed by atoms with Crippen LogP contribution in [0.25, 0.3) is 0 Å². The summed E-state index contributed by atoms with van der Waals surface area (Å²) in [4.78, 5) is 0. The molecule has 0 saturated carbocycles. The molecule has 0 bridgehead atoms. The molecule has 1 aliphatic rings. The van der Waals surface area contributed by atoms with Crippen molar-refractivity contribution in [1.29, 1.82) is 0 Å². The molecular formula is C11H21O2. The molecule has 3 unspecified atom stereocenters. The van der Waals surface area contributed by atoms with Gasteiger partial charge in [-0.15, -0.1) is 0 Å². The maximum Gasteiger partial charge on any atom is 0.160 e. The molecule has 2 nitrogen and oxygen atoms in total. The van der Waals surface area contributed by atoms with Gasteiger partial charge < -0.3 is 9.47 Å². The van der Waals surface area contributed by atoms with Gasteiger partial charge in [0.05, 0.1) is 12.7 Å². The van der Waals surface area contributed by atoms with Gasteiger partial charge in [-0.2, -0.15) is 0 Å². The zero-order valence-corrected chi connectivity index (χ0v) is 8.79. The minimum Gasteiger partial charge on any atom is -0.350 e. The van der Waals surface area contributed by atoms with Crippen LogP contribution in [0.1, 0.15) is 39.5 Å². The maximum atomic E-state index is 5.58. The topological polar surface area (TPSA) is 18.5 Å². The molecule has 0 aromatic carbocycles. The van der Waals surface area contributed by atoms with Crippen LogP contribution in [0.4, 0.5) is 0 Å². The fraction of sp³-hybridized carbons (Fsp3) is 0.909. The van der Waals surface area contributed by atoms with Crippen molar-refractivity contribution in [2.24, 2.45) is 5.92 Å². The number of hydrogen-bond acceptors (Lipinski definition) is 2. The van der Waals surface area contributed by atoms with Gasteiger partial charge in [0, 0.05) is 5.92 Å². The van der Waals surface area contributed by atoms with Crippen LogP contribution < -0.4 is 0 Å². The smallest absolute Gasteiger partial charge is 0.160 e. The van der Waals surface area contributed by atoms with Gasteiger partial charge in [-0.25, -0.2) is 0 Å². The van der Waals surface area contributed by atoms with Crippen LogP contribution in [0.5, 0.6) is 0 Å². The zero-order chi connectivity index (χ0) is 9.68. The molecule has 77 valence electrons. The van der Waals surface area contributed by atoms with Crippen molar-refractivity contribution in [3.8, 4) is 0 Å². The molecule has 0 aromatic rings. The molecular weight excluding hydrogens is 164 g/mol. The van der Waals surface area contributed by atoms with E-state index in [4.69, 9.17) is 9.47 Å². The van der Waals surface area contributed by atoms with E-state index in [9.17, 15) is 0 Å². The van der Waals surface area contributed by atoms with Crippen molar-refractivity contribution in [3.63, 3.8) is 0 Å². The van der Waals surface area contributed by atoms with Crippen LogP contribution in [-0.2, 0) is 9.47 Å². The van der Waals surface area contributed by atoms with E-state index in [1.54, 1.807) is 0 Å². The molecule has 1 heterocycles. The fourth-order valence-corrected chi connectivity index (χ4v) is 1.72. The molecule has 1 radical (unpaired) electrons. The van der Waals surface area contributed by atoms with Crippen LogP contribution >= 0.6 is 0 Å². The summed E-state index contributed by atoms with van der Waals surface area (Å²) in [6.45, 7) is 8.91. The maximum absolute atomic E-state index is 5.58. The van der Waals surface area contributed by atoms with Crippen molar-refractivity contribution >= 4 is 0 Å². The van der Waals surface area contributed by atoms with E-state index in [-0.39, 0.29) is 12.4 Å². The third-order valence-electron chi connectivity index (χ3n) is 2.61. The molecule has 3 atom stereocenters. The van der Waals surface area contributed by atoms with Gasteiger partial charge in [0.1, 0.15) is 0 Å². The average molecular weight is 185 g/mol. The second-order valence-electron chi connectivity index (χ2n) is 3.77. The summed E-state index contributed by atoms with van der Waals surface area (Å²) in [5, 5.41) is 0. The van der Waals surface area contributed by atoms with Crippen LogP contribution in [0.3, 0.4) is 0 Å². The molecule has 0 amide bonds. The predicted octanol–water partition coefficient (Wildman–Crippen LogP) is 2.78. The molecule has 13 heavy (non-hydrogen) atoms. The quantitative estimate of drug-likeness (QED) is 0.655. The van der Waals surface area contributed by atoms with Crippen molar-refractivity contribution < 1.29 is 9.47 Å². The molecule has 0 aromatic heterocycles. The van der Waals surface area contributed by atoms with Gasteiger partial charge in [0.25, 0.3) is 0 Å².